The van der Waals surface area contributed by atoms with E-state index in [1.165, 1.54) is 0 Å². The molecule has 0 aliphatic rings. The van der Waals surface area contributed by atoms with Crippen molar-refractivity contribution in [1.82, 2.24) is 9.38 Å². The molecule has 2 N–H and O–H groups in total. The van der Waals surface area contributed by atoms with Crippen LogP contribution in [0.2, 0.25) is 5.02 Å². The Balaban J connectivity index is 2.06. The highest BCUT2D eigenvalue weighted by Crippen LogP contribution is 2.30. The quantitative estimate of drug-likeness (QED) is 0.705. The minimum atomic E-state index is 0.245. The lowest BCUT2D eigenvalue weighted by Gasteiger charge is -2.10. The van der Waals surface area contributed by atoms with Gasteiger partial charge < -0.3 is 10.4 Å². The lowest BCUT2D eigenvalue weighted by atomic mass is 10.1. The zero-order chi connectivity index (χ0) is 16.4. The molecule has 0 atom stereocenters. The van der Waals surface area contributed by atoms with Gasteiger partial charge in [0.1, 0.15) is 22.9 Å². The maximum absolute atomic E-state index is 9.49. The van der Waals surface area contributed by atoms with Gasteiger partial charge in [-0.1, -0.05) is 25.4 Å². The third-order valence-electron chi connectivity index (χ3n) is 3.74. The average molecular weight is 330 g/mol. The Morgan fingerprint density at radius 3 is 2.61 bits per heavy atom. The van der Waals surface area contributed by atoms with Crippen LogP contribution < -0.4 is 5.32 Å². The number of benzene rings is 1. The van der Waals surface area contributed by atoms with Gasteiger partial charge in [0.15, 0.2) is 0 Å². The molecule has 0 bridgehead atoms. The first-order valence-electron chi connectivity index (χ1n) is 7.75. The molecule has 0 amide bonds. The van der Waals surface area contributed by atoms with Crippen LogP contribution in [0.15, 0.2) is 42.6 Å². The lowest BCUT2D eigenvalue weighted by Crippen LogP contribution is -2.07. The third kappa shape index (κ3) is 3.42. The predicted molar refractivity (Wildman–Crippen MR) is 95.2 cm³/mol. The normalized spacial score (nSPS) is 11.3. The largest absolute Gasteiger partial charge is 0.508 e. The zero-order valence-electron chi connectivity index (χ0n) is 13.3. The van der Waals surface area contributed by atoms with Gasteiger partial charge in [0.05, 0.1) is 5.02 Å². The molecule has 4 nitrogen and oxygen atoms in total. The van der Waals surface area contributed by atoms with Crippen molar-refractivity contribution in [3.63, 3.8) is 0 Å². The van der Waals surface area contributed by atoms with Gasteiger partial charge in [-0.2, -0.15) is 0 Å². The first kappa shape index (κ1) is 15.7. The number of aromatic hydroxyl groups is 1. The lowest BCUT2D eigenvalue weighted by molar-refractivity contribution is 0.475. The summed E-state index contributed by atoms with van der Waals surface area (Å²) in [5, 5.41) is 13.6. The average Bonchev–Trinajstić information content (AvgIpc) is 2.86. The number of phenols is 1. The van der Waals surface area contributed by atoms with Crippen molar-refractivity contribution in [1.29, 1.82) is 0 Å². The molecule has 2 aromatic heterocycles. The van der Waals surface area contributed by atoms with E-state index in [-0.39, 0.29) is 5.75 Å². The fourth-order valence-electron chi connectivity index (χ4n) is 2.49. The number of imidazole rings is 1. The summed E-state index contributed by atoms with van der Waals surface area (Å²) in [6.45, 7) is 5.27. The summed E-state index contributed by atoms with van der Waals surface area (Å²) in [5.74, 6) is 1.80. The summed E-state index contributed by atoms with van der Waals surface area (Å²) in [4.78, 5) is 4.71. The summed E-state index contributed by atoms with van der Waals surface area (Å²) in [5.41, 5.74) is 2.65. The minimum Gasteiger partial charge on any atom is -0.508 e. The molecule has 0 fully saturated rings. The van der Waals surface area contributed by atoms with Gasteiger partial charge in [0.25, 0.3) is 0 Å². The maximum Gasteiger partial charge on any atom is 0.139 e. The van der Waals surface area contributed by atoms with E-state index in [4.69, 9.17) is 16.6 Å². The number of anilines is 1. The summed E-state index contributed by atoms with van der Waals surface area (Å²) >= 11 is 6.14. The van der Waals surface area contributed by atoms with Crippen LogP contribution in [0.3, 0.4) is 0 Å². The van der Waals surface area contributed by atoms with Crippen molar-refractivity contribution in [2.45, 2.75) is 20.3 Å². The fraction of sp³-hybridized carbons (Fsp3) is 0.278. The summed E-state index contributed by atoms with van der Waals surface area (Å²) in [6.07, 6.45) is 2.94. The van der Waals surface area contributed by atoms with Crippen molar-refractivity contribution < 1.29 is 5.11 Å². The second-order valence-electron chi connectivity index (χ2n) is 6.04. The Morgan fingerprint density at radius 1 is 1.17 bits per heavy atom. The number of rotatable bonds is 5. The van der Waals surface area contributed by atoms with Crippen LogP contribution in [0.4, 0.5) is 5.82 Å². The molecule has 5 heteroatoms. The van der Waals surface area contributed by atoms with E-state index in [1.54, 1.807) is 12.1 Å². The minimum absolute atomic E-state index is 0.245. The van der Waals surface area contributed by atoms with Crippen molar-refractivity contribution in [3.05, 3.63) is 47.6 Å². The Bertz CT molecular complexity index is 809. The van der Waals surface area contributed by atoms with Gasteiger partial charge in [0, 0.05) is 18.3 Å². The van der Waals surface area contributed by atoms with Crippen LogP contribution >= 0.6 is 11.6 Å². The van der Waals surface area contributed by atoms with E-state index in [0.29, 0.717) is 10.9 Å². The highest BCUT2D eigenvalue weighted by molar-refractivity contribution is 6.30. The summed E-state index contributed by atoms with van der Waals surface area (Å²) < 4.78 is 1.98. The number of nitrogens with zero attached hydrogens (tertiary/aromatic N) is 2. The Hall–Kier alpha value is -2.20. The van der Waals surface area contributed by atoms with Crippen molar-refractivity contribution in [3.8, 4) is 17.0 Å². The number of aromatic nitrogens is 2. The van der Waals surface area contributed by atoms with Crippen molar-refractivity contribution in [2.75, 3.05) is 11.9 Å². The standard InChI is InChI=1S/C18H20ClN3O/c1-12(2)9-10-20-18-17(13-3-6-15(23)7-4-13)21-16-8-5-14(19)11-22(16)18/h3-8,11-12,20,23H,9-10H2,1-2H3. The molecule has 0 saturated heterocycles. The molecule has 0 aliphatic carbocycles. The highest BCUT2D eigenvalue weighted by atomic mass is 35.5. The Kier molecular flexibility index (Phi) is 4.44. The van der Waals surface area contributed by atoms with E-state index in [2.05, 4.69) is 19.2 Å². The number of halogens is 1. The number of fused-ring (bicyclic) bond motifs is 1. The van der Waals surface area contributed by atoms with Gasteiger partial charge in [0.2, 0.25) is 0 Å². The molecule has 0 saturated carbocycles. The van der Waals surface area contributed by atoms with Gasteiger partial charge in [-0.25, -0.2) is 4.98 Å². The monoisotopic (exact) mass is 329 g/mol. The Morgan fingerprint density at radius 2 is 1.91 bits per heavy atom. The first-order valence-corrected chi connectivity index (χ1v) is 8.13. The molecule has 0 aliphatic heterocycles. The topological polar surface area (TPSA) is 49.6 Å². The smallest absolute Gasteiger partial charge is 0.139 e. The van der Waals surface area contributed by atoms with Crippen LogP contribution in [-0.4, -0.2) is 21.0 Å². The number of phenolic OH excluding ortho intramolecular Hbond substituents is 1. The van der Waals surface area contributed by atoms with Crippen LogP contribution in [-0.2, 0) is 0 Å². The molecule has 2 heterocycles. The van der Waals surface area contributed by atoms with E-state index >= 15 is 0 Å². The molecule has 23 heavy (non-hydrogen) atoms. The number of pyridine rings is 1. The second-order valence-corrected chi connectivity index (χ2v) is 6.48. The number of nitrogens with one attached hydrogen (secondary N) is 1. The van der Waals surface area contributed by atoms with Gasteiger partial charge in [-0.3, -0.25) is 4.40 Å². The van der Waals surface area contributed by atoms with Gasteiger partial charge >= 0.3 is 0 Å². The second kappa shape index (κ2) is 6.50. The SMILES string of the molecule is CC(C)CCNc1c(-c2ccc(O)cc2)nc2ccc(Cl)cn12. The van der Waals surface area contributed by atoms with Crippen molar-refractivity contribution >= 4 is 23.1 Å². The van der Waals surface area contributed by atoms with Crippen molar-refractivity contribution in [2.24, 2.45) is 5.92 Å². The molecular weight excluding hydrogens is 310 g/mol. The Labute approximate surface area is 140 Å². The van der Waals surface area contributed by atoms with Crippen LogP contribution in [0.1, 0.15) is 20.3 Å². The molecule has 3 rings (SSSR count). The van der Waals surface area contributed by atoms with Gasteiger partial charge in [-0.05, 0) is 48.7 Å². The molecule has 3 aromatic rings. The number of hydrogen-bond donors (Lipinski definition) is 2. The molecule has 0 spiro atoms. The summed E-state index contributed by atoms with van der Waals surface area (Å²) in [7, 11) is 0. The maximum atomic E-state index is 9.49. The van der Waals surface area contributed by atoms with E-state index in [0.717, 1.165) is 35.7 Å². The third-order valence-corrected chi connectivity index (χ3v) is 3.96. The summed E-state index contributed by atoms with van der Waals surface area (Å²) in [6, 6.07) is 10.8. The highest BCUT2D eigenvalue weighted by Gasteiger charge is 2.14. The van der Waals surface area contributed by atoms with Gasteiger partial charge in [-0.15, -0.1) is 0 Å². The molecular formula is C18H20ClN3O. The fourth-order valence-corrected chi connectivity index (χ4v) is 2.65. The zero-order valence-corrected chi connectivity index (χ0v) is 14.0. The predicted octanol–water partition coefficient (Wildman–Crippen LogP) is 4.82. The molecule has 0 unspecified atom stereocenters. The van der Waals surface area contributed by atoms with Crippen LogP contribution in [0.25, 0.3) is 16.9 Å². The van der Waals surface area contributed by atoms with E-state index in [9.17, 15) is 5.11 Å². The van der Waals surface area contributed by atoms with E-state index in [1.807, 2.05) is 34.9 Å². The van der Waals surface area contributed by atoms with Crippen LogP contribution in [0.5, 0.6) is 5.75 Å². The van der Waals surface area contributed by atoms with E-state index < -0.39 is 0 Å². The molecule has 1 aromatic carbocycles. The van der Waals surface area contributed by atoms with Crippen LogP contribution in [0, 0.1) is 5.92 Å². The first-order chi connectivity index (χ1) is 11.0. The number of hydrogen-bond acceptors (Lipinski definition) is 3. The molecule has 0 radical (unpaired) electrons. The molecule has 120 valence electrons.